The molecule has 0 radical (unpaired) electrons. The molecule has 0 bridgehead atoms. The number of carbonyl (C=O) groups excluding carboxylic acids is 2. The van der Waals surface area contributed by atoms with Gasteiger partial charge in [0.1, 0.15) is 0 Å². The van der Waals surface area contributed by atoms with Crippen molar-refractivity contribution in [2.24, 2.45) is 0 Å². The molecule has 7 nitrogen and oxygen atoms in total. The van der Waals surface area contributed by atoms with Gasteiger partial charge in [-0.3, -0.25) is 9.89 Å². The summed E-state index contributed by atoms with van der Waals surface area (Å²) in [4.78, 5) is 30.2. The molecule has 3 heterocycles. The summed E-state index contributed by atoms with van der Waals surface area (Å²) in [7, 11) is 0. The Kier molecular flexibility index (Phi) is 4.71. The minimum Gasteiger partial charge on any atom is -0.461 e. The lowest BCUT2D eigenvalue weighted by atomic mass is 9.97. The molecule has 1 aliphatic rings. The number of piperidine rings is 1. The van der Waals surface area contributed by atoms with E-state index < -0.39 is 0 Å². The molecule has 3 rings (SSSR count). The zero-order chi connectivity index (χ0) is 16.2. The average molecular weight is 334 g/mol. The third-order valence-electron chi connectivity index (χ3n) is 3.88. The smallest absolute Gasteiger partial charge is 0.357 e. The van der Waals surface area contributed by atoms with E-state index >= 15 is 0 Å². The largest absolute Gasteiger partial charge is 0.461 e. The lowest BCUT2D eigenvalue weighted by Crippen LogP contribution is -2.37. The number of nitrogens with zero attached hydrogens (tertiary/aromatic N) is 3. The third kappa shape index (κ3) is 3.42. The number of hydrogen-bond acceptors (Lipinski definition) is 6. The number of aromatic amines is 1. The molecule has 0 saturated carbocycles. The highest BCUT2D eigenvalue weighted by molar-refractivity contribution is 7.09. The van der Waals surface area contributed by atoms with Gasteiger partial charge in [-0.25, -0.2) is 9.78 Å². The fraction of sp³-hybridized carbons (Fsp3) is 0.467. The predicted molar refractivity (Wildman–Crippen MR) is 84.5 cm³/mol. The van der Waals surface area contributed by atoms with Gasteiger partial charge < -0.3 is 9.64 Å². The van der Waals surface area contributed by atoms with Crippen LogP contribution in [0, 0.1) is 0 Å². The first kappa shape index (κ1) is 15.7. The lowest BCUT2D eigenvalue weighted by Gasteiger charge is -2.30. The molecule has 2 aromatic heterocycles. The highest BCUT2D eigenvalue weighted by atomic mass is 32.1. The molecular formula is C15H18N4O3S. The summed E-state index contributed by atoms with van der Waals surface area (Å²) in [5.41, 5.74) is 0.964. The summed E-state index contributed by atoms with van der Waals surface area (Å²) in [5, 5.41) is 9.16. The summed E-state index contributed by atoms with van der Waals surface area (Å²) in [6.45, 7) is 3.49. The number of thiazole rings is 1. The Hall–Kier alpha value is -2.22. The number of aromatic nitrogens is 3. The van der Waals surface area contributed by atoms with Crippen molar-refractivity contribution in [3.8, 4) is 0 Å². The molecule has 0 aliphatic carbocycles. The van der Waals surface area contributed by atoms with Crippen LogP contribution in [-0.4, -0.2) is 51.7 Å². The van der Waals surface area contributed by atoms with Crippen molar-refractivity contribution in [3.05, 3.63) is 34.0 Å². The van der Waals surface area contributed by atoms with E-state index in [1.807, 2.05) is 4.90 Å². The highest BCUT2D eigenvalue weighted by Gasteiger charge is 2.27. The number of ether oxygens (including phenoxy) is 1. The third-order valence-corrected chi connectivity index (χ3v) is 4.89. The maximum Gasteiger partial charge on any atom is 0.357 e. The van der Waals surface area contributed by atoms with Crippen LogP contribution in [0.15, 0.2) is 17.8 Å². The van der Waals surface area contributed by atoms with E-state index in [0.717, 1.165) is 17.8 Å². The first-order chi connectivity index (χ1) is 11.2. The fourth-order valence-corrected chi connectivity index (χ4v) is 3.61. The number of hydrogen-bond donors (Lipinski definition) is 1. The molecule has 1 saturated heterocycles. The van der Waals surface area contributed by atoms with Crippen LogP contribution >= 0.6 is 11.3 Å². The molecule has 0 aromatic carbocycles. The average Bonchev–Trinajstić information content (AvgIpc) is 3.26. The van der Waals surface area contributed by atoms with E-state index in [-0.39, 0.29) is 17.8 Å². The monoisotopic (exact) mass is 334 g/mol. The van der Waals surface area contributed by atoms with Crippen molar-refractivity contribution in [2.75, 3.05) is 19.7 Å². The second-order valence-electron chi connectivity index (χ2n) is 5.34. The van der Waals surface area contributed by atoms with Crippen LogP contribution in [0.5, 0.6) is 0 Å². The SMILES string of the molecule is CCOC(=O)c1csc(C2CCN(C(=O)c3cn[nH]c3)CC2)n1. The van der Waals surface area contributed by atoms with Gasteiger partial charge in [-0.05, 0) is 19.8 Å². The van der Waals surface area contributed by atoms with E-state index in [1.54, 1.807) is 24.7 Å². The van der Waals surface area contributed by atoms with Gasteiger partial charge in [-0.15, -0.1) is 11.3 Å². The minimum atomic E-state index is -0.373. The zero-order valence-electron chi connectivity index (χ0n) is 12.8. The van der Waals surface area contributed by atoms with Crippen LogP contribution < -0.4 is 0 Å². The highest BCUT2D eigenvalue weighted by Crippen LogP contribution is 2.30. The topological polar surface area (TPSA) is 88.2 Å². The summed E-state index contributed by atoms with van der Waals surface area (Å²) in [6.07, 6.45) is 4.85. The Labute approximate surface area is 137 Å². The zero-order valence-corrected chi connectivity index (χ0v) is 13.6. The molecule has 1 fully saturated rings. The Bertz CT molecular complexity index is 675. The molecule has 23 heavy (non-hydrogen) atoms. The van der Waals surface area contributed by atoms with Crippen molar-refractivity contribution < 1.29 is 14.3 Å². The van der Waals surface area contributed by atoms with Crippen molar-refractivity contribution in [3.63, 3.8) is 0 Å². The van der Waals surface area contributed by atoms with Crippen molar-refractivity contribution in [2.45, 2.75) is 25.7 Å². The second kappa shape index (κ2) is 6.91. The van der Waals surface area contributed by atoms with Crippen LogP contribution in [0.25, 0.3) is 0 Å². The van der Waals surface area contributed by atoms with E-state index in [2.05, 4.69) is 15.2 Å². The van der Waals surface area contributed by atoms with Crippen molar-refractivity contribution in [1.82, 2.24) is 20.1 Å². The van der Waals surface area contributed by atoms with E-state index in [4.69, 9.17) is 4.74 Å². The molecule has 0 atom stereocenters. The Balaban J connectivity index is 1.59. The van der Waals surface area contributed by atoms with Gasteiger partial charge >= 0.3 is 5.97 Å². The molecule has 0 unspecified atom stereocenters. The van der Waals surface area contributed by atoms with Crippen LogP contribution in [0.3, 0.4) is 0 Å². The van der Waals surface area contributed by atoms with E-state index in [0.29, 0.717) is 31.0 Å². The van der Waals surface area contributed by atoms with Gasteiger partial charge in [-0.2, -0.15) is 5.10 Å². The molecule has 2 aromatic rings. The number of likely N-dealkylation sites (tertiary alicyclic amines) is 1. The van der Waals surface area contributed by atoms with E-state index in [9.17, 15) is 9.59 Å². The Morgan fingerprint density at radius 3 is 2.87 bits per heavy atom. The summed E-state index contributed by atoms with van der Waals surface area (Å²) >= 11 is 1.49. The molecule has 8 heteroatoms. The van der Waals surface area contributed by atoms with Gasteiger partial charge in [0.2, 0.25) is 0 Å². The van der Waals surface area contributed by atoms with E-state index in [1.165, 1.54) is 11.3 Å². The lowest BCUT2D eigenvalue weighted by molar-refractivity contribution is 0.0520. The summed E-state index contributed by atoms with van der Waals surface area (Å²) in [6, 6.07) is 0. The second-order valence-corrected chi connectivity index (χ2v) is 6.23. The number of rotatable bonds is 4. The first-order valence-electron chi connectivity index (χ1n) is 7.59. The normalized spacial score (nSPS) is 15.6. The maximum absolute atomic E-state index is 12.3. The number of H-pyrrole nitrogens is 1. The van der Waals surface area contributed by atoms with Gasteiger partial charge in [0.05, 0.1) is 23.4 Å². The number of esters is 1. The number of carbonyl (C=O) groups is 2. The molecule has 1 amide bonds. The minimum absolute atomic E-state index is 0.00329. The maximum atomic E-state index is 12.3. The van der Waals surface area contributed by atoms with Gasteiger partial charge in [-0.1, -0.05) is 0 Å². The van der Waals surface area contributed by atoms with Crippen LogP contribution in [0.1, 0.15) is 51.5 Å². The summed E-state index contributed by atoms with van der Waals surface area (Å²) < 4.78 is 4.96. The van der Waals surface area contributed by atoms with Crippen LogP contribution in [-0.2, 0) is 4.74 Å². The summed E-state index contributed by atoms with van der Waals surface area (Å²) in [5.74, 6) is -0.0808. The van der Waals surface area contributed by atoms with Gasteiger partial charge in [0.15, 0.2) is 5.69 Å². The first-order valence-corrected chi connectivity index (χ1v) is 8.47. The van der Waals surface area contributed by atoms with Gasteiger partial charge in [0, 0.05) is 30.6 Å². The molecular weight excluding hydrogens is 316 g/mol. The number of nitrogens with one attached hydrogen (secondary N) is 1. The molecule has 1 N–H and O–H groups in total. The fourth-order valence-electron chi connectivity index (χ4n) is 2.65. The number of amides is 1. The Morgan fingerprint density at radius 2 is 2.22 bits per heavy atom. The molecule has 0 spiro atoms. The van der Waals surface area contributed by atoms with Crippen LogP contribution in [0.4, 0.5) is 0 Å². The standard InChI is InChI=1S/C15H18N4O3S/c1-2-22-15(21)12-9-23-13(18-12)10-3-5-19(6-4-10)14(20)11-7-16-17-8-11/h7-10H,2-6H2,1H3,(H,16,17). The molecule has 1 aliphatic heterocycles. The Morgan fingerprint density at radius 1 is 1.43 bits per heavy atom. The van der Waals surface area contributed by atoms with Crippen LogP contribution in [0.2, 0.25) is 0 Å². The van der Waals surface area contributed by atoms with Gasteiger partial charge in [0.25, 0.3) is 5.91 Å². The van der Waals surface area contributed by atoms with Crippen molar-refractivity contribution in [1.29, 1.82) is 0 Å². The quantitative estimate of drug-likeness (QED) is 0.865. The molecule has 122 valence electrons. The predicted octanol–water partition coefficient (Wildman–Crippen LogP) is 2.06. The van der Waals surface area contributed by atoms with Crippen molar-refractivity contribution >= 4 is 23.2 Å².